The summed E-state index contributed by atoms with van der Waals surface area (Å²) in [6.45, 7) is 0.983. The van der Waals surface area contributed by atoms with Gasteiger partial charge in [-0.3, -0.25) is 9.69 Å². The van der Waals surface area contributed by atoms with Crippen molar-refractivity contribution >= 4 is 43.8 Å². The molecule has 1 aromatic carbocycles. The predicted molar refractivity (Wildman–Crippen MR) is 91.2 cm³/mol. The third-order valence-corrected chi connectivity index (χ3v) is 4.89. The van der Waals surface area contributed by atoms with E-state index in [1.807, 2.05) is 25.3 Å². The second-order valence-corrected chi connectivity index (χ2v) is 6.70. The minimum Gasteiger partial charge on any atom is -0.496 e. The van der Waals surface area contributed by atoms with Gasteiger partial charge >= 0.3 is 0 Å². The van der Waals surface area contributed by atoms with Crippen LogP contribution in [0.1, 0.15) is 18.4 Å². The number of hydrogen-bond acceptors (Lipinski definition) is 3. The lowest BCUT2D eigenvalue weighted by atomic mass is 10.2. The van der Waals surface area contributed by atoms with Gasteiger partial charge in [-0.25, -0.2) is 0 Å². The van der Waals surface area contributed by atoms with Crippen LogP contribution in [0.2, 0.25) is 0 Å². The van der Waals surface area contributed by atoms with Gasteiger partial charge in [0.1, 0.15) is 5.75 Å². The number of ether oxygens (including phenoxy) is 1. The SMILES string of the molecule is COc1cc(/C=C\NC(=O)[C@@H]2CCCN2C)c(Br)cc1Br. The van der Waals surface area contributed by atoms with Crippen LogP contribution in [-0.4, -0.2) is 37.6 Å². The van der Waals surface area contributed by atoms with Crippen molar-refractivity contribution in [1.29, 1.82) is 0 Å². The van der Waals surface area contributed by atoms with Crippen molar-refractivity contribution in [1.82, 2.24) is 10.2 Å². The Morgan fingerprint density at radius 1 is 1.43 bits per heavy atom. The molecule has 1 aromatic rings. The van der Waals surface area contributed by atoms with Crippen LogP contribution >= 0.6 is 31.9 Å². The van der Waals surface area contributed by atoms with Gasteiger partial charge in [0.25, 0.3) is 0 Å². The second kappa shape index (κ2) is 7.42. The molecule has 114 valence electrons. The highest BCUT2D eigenvalue weighted by atomic mass is 79.9. The monoisotopic (exact) mass is 416 g/mol. The Hall–Kier alpha value is -0.850. The number of nitrogens with zero attached hydrogens (tertiary/aromatic N) is 1. The molecule has 0 radical (unpaired) electrons. The summed E-state index contributed by atoms with van der Waals surface area (Å²) in [6, 6.07) is 3.81. The molecular weight excluding hydrogens is 400 g/mol. The molecule has 1 saturated heterocycles. The molecule has 0 saturated carbocycles. The van der Waals surface area contributed by atoms with Gasteiger partial charge in [-0.1, -0.05) is 15.9 Å². The Morgan fingerprint density at radius 2 is 2.19 bits per heavy atom. The maximum Gasteiger partial charge on any atom is 0.241 e. The molecule has 0 aliphatic carbocycles. The first kappa shape index (κ1) is 16.5. The fraction of sp³-hybridized carbons (Fsp3) is 0.400. The number of carbonyl (C=O) groups is 1. The standard InChI is InChI=1S/C15H18Br2N2O2/c1-19-7-3-4-13(19)15(20)18-6-5-10-8-14(21-2)12(17)9-11(10)16/h5-6,8-9,13H,3-4,7H2,1-2H3,(H,18,20)/b6-5-/t13-/m0/s1. The zero-order valence-electron chi connectivity index (χ0n) is 12.0. The fourth-order valence-corrected chi connectivity index (χ4v) is 3.67. The molecule has 1 aliphatic heterocycles. The van der Waals surface area contributed by atoms with E-state index in [1.54, 1.807) is 13.3 Å². The highest BCUT2D eigenvalue weighted by Gasteiger charge is 2.26. The Bertz CT molecular complexity index is 561. The van der Waals surface area contributed by atoms with Crippen LogP contribution < -0.4 is 10.1 Å². The number of carbonyl (C=O) groups excluding carboxylic acids is 1. The highest BCUT2D eigenvalue weighted by molar-refractivity contribution is 9.11. The molecule has 1 N–H and O–H groups in total. The van der Waals surface area contributed by atoms with E-state index in [-0.39, 0.29) is 11.9 Å². The molecule has 21 heavy (non-hydrogen) atoms. The van der Waals surface area contributed by atoms with Crippen LogP contribution in [0, 0.1) is 0 Å². The Balaban J connectivity index is 2.03. The van der Waals surface area contributed by atoms with Crippen molar-refractivity contribution in [3.63, 3.8) is 0 Å². The molecule has 1 fully saturated rings. The highest BCUT2D eigenvalue weighted by Crippen LogP contribution is 2.32. The molecular formula is C15H18Br2N2O2. The van der Waals surface area contributed by atoms with E-state index in [9.17, 15) is 4.79 Å². The molecule has 1 amide bonds. The van der Waals surface area contributed by atoms with E-state index in [0.29, 0.717) is 0 Å². The average molecular weight is 418 g/mol. The number of nitrogens with one attached hydrogen (secondary N) is 1. The quantitative estimate of drug-likeness (QED) is 0.816. The van der Waals surface area contributed by atoms with E-state index in [1.165, 1.54) is 0 Å². The summed E-state index contributed by atoms with van der Waals surface area (Å²) in [4.78, 5) is 14.1. The predicted octanol–water partition coefficient (Wildman–Crippen LogP) is 3.40. The lowest BCUT2D eigenvalue weighted by Crippen LogP contribution is -2.39. The minimum absolute atomic E-state index is 0.0162. The zero-order chi connectivity index (χ0) is 15.4. The normalized spacial score (nSPS) is 19.1. The first-order chi connectivity index (χ1) is 10.0. The summed E-state index contributed by atoms with van der Waals surface area (Å²) in [7, 11) is 3.61. The summed E-state index contributed by atoms with van der Waals surface area (Å²) < 4.78 is 7.08. The molecule has 1 atom stereocenters. The molecule has 6 heteroatoms. The number of benzene rings is 1. The maximum atomic E-state index is 12.1. The van der Waals surface area contributed by atoms with Gasteiger partial charge in [0.15, 0.2) is 0 Å². The Kier molecular flexibility index (Phi) is 5.84. The molecule has 1 heterocycles. The van der Waals surface area contributed by atoms with Crippen LogP contribution in [-0.2, 0) is 4.79 Å². The van der Waals surface area contributed by atoms with Gasteiger partial charge in [-0.15, -0.1) is 0 Å². The molecule has 4 nitrogen and oxygen atoms in total. The van der Waals surface area contributed by atoms with Crippen molar-refractivity contribution in [2.24, 2.45) is 0 Å². The third kappa shape index (κ3) is 4.08. The molecule has 2 rings (SSSR count). The first-order valence-corrected chi connectivity index (χ1v) is 8.31. The van der Waals surface area contributed by atoms with Crippen molar-refractivity contribution < 1.29 is 9.53 Å². The van der Waals surface area contributed by atoms with Crippen LogP contribution in [0.25, 0.3) is 6.08 Å². The number of rotatable bonds is 4. The van der Waals surface area contributed by atoms with E-state index in [4.69, 9.17) is 4.74 Å². The molecule has 1 aliphatic rings. The number of amides is 1. The summed E-state index contributed by atoms with van der Waals surface area (Å²) in [5, 5.41) is 2.85. The Morgan fingerprint density at radius 3 is 2.81 bits per heavy atom. The topological polar surface area (TPSA) is 41.6 Å². The largest absolute Gasteiger partial charge is 0.496 e. The summed E-state index contributed by atoms with van der Waals surface area (Å²) in [5.74, 6) is 0.797. The molecule has 0 bridgehead atoms. The lowest BCUT2D eigenvalue weighted by molar-refractivity contribution is -0.124. The van der Waals surface area contributed by atoms with Gasteiger partial charge in [0.2, 0.25) is 5.91 Å². The van der Waals surface area contributed by atoms with E-state index < -0.39 is 0 Å². The fourth-order valence-electron chi connectivity index (χ4n) is 2.38. The number of methoxy groups -OCH3 is 1. The van der Waals surface area contributed by atoms with Crippen molar-refractivity contribution in [2.75, 3.05) is 20.7 Å². The van der Waals surface area contributed by atoms with Gasteiger partial charge in [0, 0.05) is 10.7 Å². The number of halogens is 2. The van der Waals surface area contributed by atoms with Gasteiger partial charge in [-0.05, 0) is 66.1 Å². The first-order valence-electron chi connectivity index (χ1n) is 6.73. The summed E-state index contributed by atoms with van der Waals surface area (Å²) in [5.41, 5.74) is 0.940. The van der Waals surface area contributed by atoms with Crippen LogP contribution in [0.4, 0.5) is 0 Å². The zero-order valence-corrected chi connectivity index (χ0v) is 15.2. The number of likely N-dealkylation sites (tertiary alicyclic amines) is 1. The van der Waals surface area contributed by atoms with Crippen LogP contribution in [0.3, 0.4) is 0 Å². The van der Waals surface area contributed by atoms with E-state index in [0.717, 1.165) is 39.6 Å². The number of hydrogen-bond donors (Lipinski definition) is 1. The molecule has 0 unspecified atom stereocenters. The maximum absolute atomic E-state index is 12.1. The van der Waals surface area contributed by atoms with E-state index >= 15 is 0 Å². The van der Waals surface area contributed by atoms with Gasteiger partial charge < -0.3 is 10.1 Å². The van der Waals surface area contributed by atoms with Gasteiger partial charge in [0.05, 0.1) is 17.6 Å². The molecule has 0 aromatic heterocycles. The minimum atomic E-state index is -0.0162. The van der Waals surface area contributed by atoms with Crippen LogP contribution in [0.15, 0.2) is 27.3 Å². The second-order valence-electron chi connectivity index (χ2n) is 4.99. The smallest absolute Gasteiger partial charge is 0.241 e. The summed E-state index contributed by atoms with van der Waals surface area (Å²) in [6.07, 6.45) is 5.54. The number of likely N-dealkylation sites (N-methyl/N-ethyl adjacent to an activating group) is 1. The Labute approximate surface area is 141 Å². The van der Waals surface area contributed by atoms with Gasteiger partial charge in [-0.2, -0.15) is 0 Å². The lowest BCUT2D eigenvalue weighted by Gasteiger charge is -2.17. The average Bonchev–Trinajstić information content (AvgIpc) is 2.87. The van der Waals surface area contributed by atoms with E-state index in [2.05, 4.69) is 42.1 Å². The third-order valence-electron chi connectivity index (χ3n) is 3.58. The van der Waals surface area contributed by atoms with Crippen molar-refractivity contribution in [3.8, 4) is 5.75 Å². The molecule has 0 spiro atoms. The summed E-state index contributed by atoms with van der Waals surface area (Å²) >= 11 is 6.93. The van der Waals surface area contributed by atoms with Crippen molar-refractivity contribution in [2.45, 2.75) is 18.9 Å². The van der Waals surface area contributed by atoms with Crippen LogP contribution in [0.5, 0.6) is 5.75 Å². The van der Waals surface area contributed by atoms with Crippen molar-refractivity contribution in [3.05, 3.63) is 32.8 Å².